The van der Waals surface area contributed by atoms with Crippen molar-refractivity contribution in [1.29, 1.82) is 0 Å². The number of amides is 1. The number of hydrogen-bond donors (Lipinski definition) is 1. The zero-order valence-corrected chi connectivity index (χ0v) is 16.7. The van der Waals surface area contributed by atoms with E-state index >= 15 is 0 Å². The molecule has 0 bridgehead atoms. The summed E-state index contributed by atoms with van der Waals surface area (Å²) >= 11 is 3.53. The van der Waals surface area contributed by atoms with Crippen molar-refractivity contribution < 1.29 is 23.8 Å². The van der Waals surface area contributed by atoms with Crippen LogP contribution in [0.25, 0.3) is 0 Å². The van der Waals surface area contributed by atoms with Crippen molar-refractivity contribution in [1.82, 2.24) is 15.1 Å². The molecule has 0 fully saturated rings. The van der Waals surface area contributed by atoms with Gasteiger partial charge in [0.1, 0.15) is 5.56 Å². The predicted molar refractivity (Wildman–Crippen MR) is 94.3 cm³/mol. The van der Waals surface area contributed by atoms with Gasteiger partial charge in [-0.15, -0.1) is 0 Å². The van der Waals surface area contributed by atoms with E-state index in [-0.39, 0.29) is 28.1 Å². The van der Waals surface area contributed by atoms with Gasteiger partial charge in [0.25, 0.3) is 0 Å². The maximum absolute atomic E-state index is 12.3. The van der Waals surface area contributed by atoms with Crippen LogP contribution in [0.5, 0.6) is 5.88 Å². The Hall–Kier alpha value is -1.64. The molecule has 0 aromatic carbocycles. The quantitative estimate of drug-likeness (QED) is 0.619. The summed E-state index contributed by atoms with van der Waals surface area (Å²) in [7, 11) is 0. The van der Waals surface area contributed by atoms with Crippen molar-refractivity contribution >= 4 is 27.8 Å². The van der Waals surface area contributed by atoms with Crippen LogP contribution in [-0.2, 0) is 16.3 Å². The number of alkyl halides is 1. The first-order chi connectivity index (χ1) is 11.6. The number of aromatic nitrogens is 2. The number of hydrogen-bond acceptors (Lipinski definition) is 5. The number of rotatable bonds is 9. The second kappa shape index (κ2) is 9.17. The third kappa shape index (κ3) is 5.98. The van der Waals surface area contributed by atoms with Crippen molar-refractivity contribution in [3.63, 3.8) is 0 Å². The zero-order chi connectivity index (χ0) is 19.2. The Morgan fingerprint density at radius 2 is 2.12 bits per heavy atom. The molecule has 0 radical (unpaired) electrons. The number of carbonyl (C=O) groups is 2. The highest BCUT2D eigenvalue weighted by Gasteiger charge is 2.31. The van der Waals surface area contributed by atoms with E-state index in [9.17, 15) is 14.1 Å². The van der Waals surface area contributed by atoms with Gasteiger partial charge in [-0.05, 0) is 19.8 Å². The second-order valence-corrected chi connectivity index (χ2v) is 7.71. The van der Waals surface area contributed by atoms with Crippen LogP contribution in [0.3, 0.4) is 0 Å². The van der Waals surface area contributed by atoms with E-state index in [0.29, 0.717) is 13.2 Å². The van der Waals surface area contributed by atoms with Crippen molar-refractivity contribution in [3.8, 4) is 5.88 Å². The molecule has 9 heteroatoms. The minimum atomic E-state index is -1.15. The van der Waals surface area contributed by atoms with Gasteiger partial charge in [-0.25, -0.2) is 14.4 Å². The first-order valence-electron chi connectivity index (χ1n) is 8.06. The van der Waals surface area contributed by atoms with Gasteiger partial charge < -0.3 is 10.1 Å². The average molecular weight is 422 g/mol. The first kappa shape index (κ1) is 21.4. The van der Waals surface area contributed by atoms with Crippen LogP contribution >= 0.6 is 15.9 Å². The monoisotopic (exact) mass is 421 g/mol. The molecular formula is C16H25BrFN3O4. The zero-order valence-electron chi connectivity index (χ0n) is 15.1. The standard InChI is InChI=1S/C16H25BrFN3O4/c1-6-10(2)9-24-14-12(15(23)25-18)7-19-21(14)8-13(17)16(4,5)20-11(3)22/h7,10,13H,6,8-9H2,1-5H3,(H,20,22). The number of carbonyl (C=O) groups excluding carboxylic acids is 2. The molecule has 1 amide bonds. The summed E-state index contributed by atoms with van der Waals surface area (Å²) in [6.45, 7) is 9.82. The summed E-state index contributed by atoms with van der Waals surface area (Å²) in [4.78, 5) is 26.0. The van der Waals surface area contributed by atoms with Gasteiger partial charge in [0.15, 0.2) is 0 Å². The van der Waals surface area contributed by atoms with Crippen LogP contribution in [0.15, 0.2) is 6.20 Å². The minimum Gasteiger partial charge on any atom is -0.477 e. The smallest absolute Gasteiger partial charge is 0.386 e. The van der Waals surface area contributed by atoms with Crippen LogP contribution in [0, 0.1) is 5.92 Å². The number of nitrogens with one attached hydrogen (secondary N) is 1. The van der Waals surface area contributed by atoms with E-state index in [1.54, 1.807) is 0 Å². The number of nitrogens with zero attached hydrogens (tertiary/aromatic N) is 2. The molecule has 0 aliphatic heterocycles. The summed E-state index contributed by atoms with van der Waals surface area (Å²) in [6.07, 6.45) is 2.10. The Labute approximate surface area is 155 Å². The van der Waals surface area contributed by atoms with E-state index in [0.717, 1.165) is 6.42 Å². The van der Waals surface area contributed by atoms with Gasteiger partial charge in [0.2, 0.25) is 11.8 Å². The van der Waals surface area contributed by atoms with E-state index in [1.165, 1.54) is 17.8 Å². The number of halogens is 2. The van der Waals surface area contributed by atoms with E-state index < -0.39 is 11.5 Å². The summed E-state index contributed by atoms with van der Waals surface area (Å²) < 4.78 is 19.5. The molecule has 2 atom stereocenters. The fraction of sp³-hybridized carbons (Fsp3) is 0.688. The fourth-order valence-electron chi connectivity index (χ4n) is 2.09. The molecule has 0 aliphatic carbocycles. The van der Waals surface area contributed by atoms with Crippen LogP contribution < -0.4 is 10.1 Å². The van der Waals surface area contributed by atoms with Crippen molar-refractivity contribution in [3.05, 3.63) is 11.8 Å². The lowest BCUT2D eigenvalue weighted by atomic mass is 10.0. The Morgan fingerprint density at radius 1 is 1.48 bits per heavy atom. The Bertz CT molecular complexity index is 606. The summed E-state index contributed by atoms with van der Waals surface area (Å²) in [6, 6.07) is 0. The summed E-state index contributed by atoms with van der Waals surface area (Å²) in [5, 5.41) is 6.94. The van der Waals surface area contributed by atoms with Crippen molar-refractivity contribution in [2.45, 2.75) is 58.0 Å². The lowest BCUT2D eigenvalue weighted by molar-refractivity contribution is -0.120. The molecule has 7 nitrogen and oxygen atoms in total. The highest BCUT2D eigenvalue weighted by Crippen LogP contribution is 2.25. The third-order valence-corrected chi connectivity index (χ3v) is 5.33. The van der Waals surface area contributed by atoms with Crippen LogP contribution in [0.2, 0.25) is 0 Å². The molecular weight excluding hydrogens is 397 g/mol. The molecule has 142 valence electrons. The molecule has 0 saturated heterocycles. The maximum Gasteiger partial charge on any atom is 0.386 e. The molecule has 2 unspecified atom stereocenters. The van der Waals surface area contributed by atoms with Crippen molar-refractivity contribution in [2.24, 2.45) is 5.92 Å². The maximum atomic E-state index is 12.3. The SMILES string of the molecule is CCC(C)COc1c(C(=O)OF)cnn1CC(Br)C(C)(C)NC(C)=O. The predicted octanol–water partition coefficient (Wildman–Crippen LogP) is 3.03. The van der Waals surface area contributed by atoms with Gasteiger partial charge in [-0.2, -0.15) is 5.10 Å². The Balaban J connectivity index is 3.03. The van der Waals surface area contributed by atoms with Gasteiger partial charge >= 0.3 is 5.97 Å². The topological polar surface area (TPSA) is 82.4 Å². The molecule has 0 aliphatic rings. The summed E-state index contributed by atoms with van der Waals surface area (Å²) in [5.74, 6) is -0.915. The Morgan fingerprint density at radius 3 is 2.64 bits per heavy atom. The lowest BCUT2D eigenvalue weighted by Crippen LogP contribution is -2.50. The van der Waals surface area contributed by atoms with E-state index in [2.05, 4.69) is 31.3 Å². The highest BCUT2D eigenvalue weighted by molar-refractivity contribution is 9.09. The van der Waals surface area contributed by atoms with Gasteiger partial charge in [-0.1, -0.05) is 36.2 Å². The molecule has 1 rings (SSSR count). The van der Waals surface area contributed by atoms with E-state index in [1.807, 2.05) is 27.7 Å². The molecule has 0 saturated carbocycles. The third-order valence-electron chi connectivity index (χ3n) is 3.90. The molecule has 0 spiro atoms. The van der Waals surface area contributed by atoms with Gasteiger partial charge in [0.05, 0.1) is 24.2 Å². The van der Waals surface area contributed by atoms with Gasteiger partial charge in [-0.3, -0.25) is 4.79 Å². The largest absolute Gasteiger partial charge is 0.477 e. The first-order valence-corrected chi connectivity index (χ1v) is 8.98. The Kier molecular flexibility index (Phi) is 7.85. The van der Waals surface area contributed by atoms with Gasteiger partial charge in [0, 0.05) is 17.0 Å². The minimum absolute atomic E-state index is 0.0807. The summed E-state index contributed by atoms with van der Waals surface area (Å²) in [5.41, 5.74) is -0.658. The molecule has 1 heterocycles. The second-order valence-electron chi connectivity index (χ2n) is 6.60. The van der Waals surface area contributed by atoms with Crippen molar-refractivity contribution in [2.75, 3.05) is 6.61 Å². The van der Waals surface area contributed by atoms with E-state index in [4.69, 9.17) is 4.74 Å². The van der Waals surface area contributed by atoms with Crippen LogP contribution in [-0.4, -0.2) is 38.6 Å². The average Bonchev–Trinajstić information content (AvgIpc) is 2.93. The molecule has 1 aromatic rings. The molecule has 1 aromatic heterocycles. The van der Waals surface area contributed by atoms with Crippen LogP contribution in [0.1, 0.15) is 51.4 Å². The van der Waals surface area contributed by atoms with Crippen LogP contribution in [0.4, 0.5) is 4.53 Å². The molecule has 1 N–H and O–H groups in total. The highest BCUT2D eigenvalue weighted by atomic mass is 79.9. The lowest BCUT2D eigenvalue weighted by Gasteiger charge is -2.31. The molecule has 25 heavy (non-hydrogen) atoms. The fourth-order valence-corrected chi connectivity index (χ4v) is 2.48. The normalized spacial score (nSPS) is 13.9. The number of ether oxygens (including phenoxy) is 1.